The summed E-state index contributed by atoms with van der Waals surface area (Å²) in [7, 11) is 1.75. The van der Waals surface area contributed by atoms with Crippen LogP contribution < -0.4 is 8.50 Å². The molecule has 0 spiro atoms. The SMILES string of the molecule is CCCN=C1N/N=C\c2ccccc2[O][Sn]([CH3])([CH3])[S]1. The molecule has 0 fully saturated rings. The van der Waals surface area contributed by atoms with E-state index in [0.29, 0.717) is 0 Å². The van der Waals surface area contributed by atoms with Crippen LogP contribution in [-0.4, -0.2) is 35.3 Å². The third-order valence-corrected chi connectivity index (χ3v) is 11.8. The normalized spacial score (nSPS) is 21.3. The predicted molar refractivity (Wildman–Crippen MR) is 85.5 cm³/mol. The average Bonchev–Trinajstić information content (AvgIpc) is 2.42. The van der Waals surface area contributed by atoms with E-state index in [1.54, 1.807) is 15.2 Å². The van der Waals surface area contributed by atoms with Gasteiger partial charge in [0.1, 0.15) is 0 Å². The van der Waals surface area contributed by atoms with E-state index >= 15 is 0 Å². The topological polar surface area (TPSA) is 46.0 Å². The molecule has 102 valence electrons. The standard InChI is InChI=1S/C11H15N3OS.2CH3.Sn/c1-2-7-12-11(16)14-13-8-9-5-3-4-6-10(9)15;;;/h3-6,8,15H,2,7H2,1H3,(H2,12,14,16);2*1H3;/q;;;+2/p-2/b13-8-;;;. The van der Waals surface area contributed by atoms with Gasteiger partial charge in [-0.25, -0.2) is 0 Å². The van der Waals surface area contributed by atoms with E-state index in [-0.39, 0.29) is 0 Å². The molecule has 1 aromatic rings. The van der Waals surface area contributed by atoms with Crippen LogP contribution in [0.3, 0.4) is 0 Å². The molecule has 0 amide bonds. The first-order chi connectivity index (χ1) is 9.11. The van der Waals surface area contributed by atoms with Crippen LogP contribution in [0.25, 0.3) is 0 Å². The number of amidine groups is 1. The molecule has 1 N–H and O–H groups in total. The van der Waals surface area contributed by atoms with Crippen molar-refractivity contribution in [2.75, 3.05) is 6.54 Å². The van der Waals surface area contributed by atoms with Crippen molar-refractivity contribution in [1.29, 1.82) is 0 Å². The zero-order valence-electron chi connectivity index (χ0n) is 11.5. The molecular weight excluding hydrogens is 365 g/mol. The number of hydrogen-bond acceptors (Lipinski definition) is 4. The van der Waals surface area contributed by atoms with Crippen LogP contribution in [0.1, 0.15) is 18.9 Å². The fourth-order valence-corrected chi connectivity index (χ4v) is 10.4. The first-order valence-electron chi connectivity index (χ1n) is 6.41. The molecule has 0 aliphatic carbocycles. The van der Waals surface area contributed by atoms with Gasteiger partial charge >= 0.3 is 122 Å². The number of fused-ring (bicyclic) bond motifs is 1. The van der Waals surface area contributed by atoms with Gasteiger partial charge in [-0.2, -0.15) is 0 Å². The predicted octanol–water partition coefficient (Wildman–Crippen LogP) is 3.20. The van der Waals surface area contributed by atoms with Gasteiger partial charge in [-0.3, -0.25) is 0 Å². The van der Waals surface area contributed by atoms with Crippen molar-refractivity contribution < 1.29 is 3.07 Å². The molecule has 1 heterocycles. The van der Waals surface area contributed by atoms with Gasteiger partial charge in [-0.1, -0.05) is 0 Å². The number of hydrazone groups is 1. The molecule has 1 aliphatic rings. The molecule has 0 saturated carbocycles. The van der Waals surface area contributed by atoms with Crippen molar-refractivity contribution in [3.8, 4) is 5.75 Å². The van der Waals surface area contributed by atoms with E-state index in [2.05, 4.69) is 32.3 Å². The van der Waals surface area contributed by atoms with Gasteiger partial charge in [-0.15, -0.1) is 0 Å². The minimum atomic E-state index is -2.71. The zero-order chi connectivity index (χ0) is 13.7. The molecule has 0 bridgehead atoms. The molecule has 0 aromatic heterocycles. The Morgan fingerprint density at radius 1 is 1.37 bits per heavy atom. The van der Waals surface area contributed by atoms with Crippen LogP contribution in [0.2, 0.25) is 9.88 Å². The second-order valence-electron chi connectivity index (χ2n) is 4.70. The summed E-state index contributed by atoms with van der Waals surface area (Å²) in [6, 6.07) is 8.01. The van der Waals surface area contributed by atoms with Crippen molar-refractivity contribution in [2.24, 2.45) is 10.1 Å². The van der Waals surface area contributed by atoms with Gasteiger partial charge in [0.25, 0.3) is 0 Å². The Labute approximate surface area is 121 Å². The Morgan fingerprint density at radius 2 is 2.16 bits per heavy atom. The quantitative estimate of drug-likeness (QED) is 0.797. The molecule has 2 rings (SSSR count). The summed E-state index contributed by atoms with van der Waals surface area (Å²) in [4.78, 5) is 9.01. The Morgan fingerprint density at radius 3 is 2.95 bits per heavy atom. The summed E-state index contributed by atoms with van der Waals surface area (Å²) in [5.74, 6) is 0.929. The fraction of sp³-hybridized carbons (Fsp3) is 0.385. The number of benzene rings is 1. The Kier molecular flexibility index (Phi) is 5.15. The van der Waals surface area contributed by atoms with Gasteiger partial charge in [-0.05, 0) is 0 Å². The van der Waals surface area contributed by atoms with Crippen LogP contribution in [0, 0.1) is 0 Å². The van der Waals surface area contributed by atoms with Crippen molar-refractivity contribution in [2.45, 2.75) is 23.2 Å². The third kappa shape index (κ3) is 4.42. The maximum absolute atomic E-state index is 6.28. The molecule has 0 atom stereocenters. The monoisotopic (exact) mass is 385 g/mol. The number of nitrogens with zero attached hydrogens (tertiary/aromatic N) is 2. The number of nitrogens with one attached hydrogen (secondary N) is 1. The van der Waals surface area contributed by atoms with Crippen molar-refractivity contribution in [3.05, 3.63) is 29.8 Å². The summed E-state index contributed by atoms with van der Waals surface area (Å²) in [5, 5.41) is 5.14. The number of hydrogen-bond donors (Lipinski definition) is 1. The van der Waals surface area contributed by atoms with Crippen LogP contribution in [0.5, 0.6) is 5.75 Å². The summed E-state index contributed by atoms with van der Waals surface area (Å²) >= 11 is -2.71. The van der Waals surface area contributed by atoms with E-state index in [0.717, 1.165) is 29.4 Å². The Hall–Kier alpha value is -0.691. The molecule has 19 heavy (non-hydrogen) atoms. The zero-order valence-corrected chi connectivity index (χ0v) is 15.2. The third-order valence-electron chi connectivity index (χ3n) is 2.46. The second-order valence-corrected chi connectivity index (χ2v) is 22.2. The molecule has 0 radical (unpaired) electrons. The Bertz CT molecular complexity index is 502. The molecule has 0 saturated heterocycles. The van der Waals surface area contributed by atoms with Crippen molar-refractivity contribution in [3.63, 3.8) is 0 Å². The number of para-hydroxylation sites is 1. The summed E-state index contributed by atoms with van der Waals surface area (Å²) < 4.78 is 6.28. The summed E-state index contributed by atoms with van der Waals surface area (Å²) in [5.41, 5.74) is 4.06. The fourth-order valence-electron chi connectivity index (χ4n) is 1.66. The average molecular weight is 384 g/mol. The first kappa shape index (κ1) is 14.7. The molecule has 4 nitrogen and oxygen atoms in total. The molecular formula is C13H19N3OSSn. The molecule has 0 unspecified atom stereocenters. The number of aliphatic imine (C=N–C) groups is 1. The first-order valence-corrected chi connectivity index (χ1v) is 17.6. The minimum absolute atomic E-state index is 0.819. The molecule has 6 heteroatoms. The van der Waals surface area contributed by atoms with Crippen LogP contribution in [0.15, 0.2) is 34.4 Å². The maximum atomic E-state index is 6.28. The van der Waals surface area contributed by atoms with Gasteiger partial charge in [0.15, 0.2) is 0 Å². The number of rotatable bonds is 2. The van der Waals surface area contributed by atoms with Gasteiger partial charge in [0.05, 0.1) is 0 Å². The van der Waals surface area contributed by atoms with Crippen molar-refractivity contribution >= 4 is 37.7 Å². The van der Waals surface area contributed by atoms with Crippen LogP contribution in [0.4, 0.5) is 0 Å². The van der Waals surface area contributed by atoms with Crippen LogP contribution >= 0.6 is 8.95 Å². The van der Waals surface area contributed by atoms with E-state index < -0.39 is 17.4 Å². The van der Waals surface area contributed by atoms with E-state index in [9.17, 15) is 0 Å². The van der Waals surface area contributed by atoms with Gasteiger partial charge in [0, 0.05) is 0 Å². The summed E-state index contributed by atoms with van der Waals surface area (Å²) in [6.07, 6.45) is 2.83. The van der Waals surface area contributed by atoms with E-state index in [1.807, 2.05) is 24.3 Å². The van der Waals surface area contributed by atoms with Gasteiger partial charge in [0.2, 0.25) is 0 Å². The Balaban J connectivity index is 2.29. The molecule has 1 aromatic carbocycles. The summed E-state index contributed by atoms with van der Waals surface area (Å²) in [6.45, 7) is 2.94. The van der Waals surface area contributed by atoms with E-state index in [4.69, 9.17) is 3.07 Å². The molecule has 1 aliphatic heterocycles. The second kappa shape index (κ2) is 6.65. The van der Waals surface area contributed by atoms with Crippen LogP contribution in [-0.2, 0) is 0 Å². The van der Waals surface area contributed by atoms with E-state index in [1.165, 1.54) is 0 Å². The van der Waals surface area contributed by atoms with Gasteiger partial charge < -0.3 is 0 Å². The van der Waals surface area contributed by atoms with Crippen molar-refractivity contribution in [1.82, 2.24) is 5.43 Å².